The Labute approximate surface area is 110 Å². The molecule has 1 atom stereocenters. The number of nitrogens with zero attached hydrogens (tertiary/aromatic N) is 2. The van der Waals surface area contributed by atoms with Crippen LogP contribution < -0.4 is 5.73 Å². The molecule has 0 aromatic heterocycles. The SMILES string of the molecule is CC(C(=O)N(C)C)N1CCC(OCCCN)CC1. The third-order valence-corrected chi connectivity index (χ3v) is 3.52. The molecule has 1 aliphatic rings. The van der Waals surface area contributed by atoms with Crippen molar-refractivity contribution in [2.24, 2.45) is 5.73 Å². The molecular weight excluding hydrogens is 230 g/mol. The van der Waals surface area contributed by atoms with Crippen LogP contribution in [0, 0.1) is 0 Å². The number of hydrogen-bond donors (Lipinski definition) is 1. The molecule has 0 spiro atoms. The number of likely N-dealkylation sites (N-methyl/N-ethyl adjacent to an activating group) is 1. The minimum Gasteiger partial charge on any atom is -0.378 e. The lowest BCUT2D eigenvalue weighted by Gasteiger charge is -2.36. The summed E-state index contributed by atoms with van der Waals surface area (Å²) in [6, 6.07) is -0.0232. The molecular formula is C13H27N3O2. The molecule has 0 bridgehead atoms. The van der Waals surface area contributed by atoms with Crippen molar-refractivity contribution in [3.63, 3.8) is 0 Å². The van der Waals surface area contributed by atoms with Gasteiger partial charge in [-0.05, 0) is 32.7 Å². The molecule has 0 radical (unpaired) electrons. The average Bonchev–Trinajstić information content (AvgIpc) is 2.38. The van der Waals surface area contributed by atoms with Crippen molar-refractivity contribution >= 4 is 5.91 Å². The smallest absolute Gasteiger partial charge is 0.239 e. The Bertz CT molecular complexity index is 251. The standard InChI is InChI=1S/C13H27N3O2/c1-11(13(17)15(2)3)16-8-5-12(6-9-16)18-10-4-7-14/h11-12H,4-10,14H2,1-3H3. The Hall–Kier alpha value is -0.650. The van der Waals surface area contributed by atoms with Gasteiger partial charge < -0.3 is 15.4 Å². The Morgan fingerprint density at radius 1 is 1.44 bits per heavy atom. The Kier molecular flexibility index (Phi) is 6.60. The van der Waals surface area contributed by atoms with E-state index in [1.165, 1.54) is 0 Å². The summed E-state index contributed by atoms with van der Waals surface area (Å²) in [6.07, 6.45) is 3.29. The molecule has 0 aliphatic carbocycles. The minimum absolute atomic E-state index is 0.0232. The first-order chi connectivity index (χ1) is 8.56. The molecule has 1 fully saturated rings. The van der Waals surface area contributed by atoms with Gasteiger partial charge in [0.2, 0.25) is 5.91 Å². The Morgan fingerprint density at radius 3 is 2.56 bits per heavy atom. The molecule has 0 aromatic rings. The van der Waals surface area contributed by atoms with Gasteiger partial charge in [-0.3, -0.25) is 9.69 Å². The minimum atomic E-state index is -0.0232. The zero-order chi connectivity index (χ0) is 13.5. The molecule has 1 unspecified atom stereocenters. The van der Waals surface area contributed by atoms with Gasteiger partial charge in [0.15, 0.2) is 0 Å². The normalized spacial score (nSPS) is 19.8. The number of ether oxygens (including phenoxy) is 1. The van der Waals surface area contributed by atoms with Crippen molar-refractivity contribution in [2.75, 3.05) is 40.3 Å². The summed E-state index contributed by atoms with van der Waals surface area (Å²) in [5.41, 5.74) is 5.44. The number of carbonyl (C=O) groups is 1. The predicted molar refractivity (Wildman–Crippen MR) is 72.4 cm³/mol. The highest BCUT2D eigenvalue weighted by Crippen LogP contribution is 2.16. The van der Waals surface area contributed by atoms with Crippen LogP contribution in [0.25, 0.3) is 0 Å². The Balaban J connectivity index is 2.28. The molecule has 18 heavy (non-hydrogen) atoms. The van der Waals surface area contributed by atoms with Crippen LogP contribution in [-0.4, -0.2) is 68.2 Å². The number of carbonyl (C=O) groups excluding carboxylic acids is 1. The summed E-state index contributed by atoms with van der Waals surface area (Å²) in [5.74, 6) is 0.178. The van der Waals surface area contributed by atoms with Gasteiger partial charge in [0.1, 0.15) is 0 Å². The number of piperidine rings is 1. The summed E-state index contributed by atoms with van der Waals surface area (Å²) < 4.78 is 5.76. The number of rotatable bonds is 6. The van der Waals surface area contributed by atoms with Crippen molar-refractivity contribution in [3.05, 3.63) is 0 Å². The topological polar surface area (TPSA) is 58.8 Å². The third-order valence-electron chi connectivity index (χ3n) is 3.52. The van der Waals surface area contributed by atoms with Gasteiger partial charge in [0, 0.05) is 33.8 Å². The molecule has 1 aliphatic heterocycles. The highest BCUT2D eigenvalue weighted by molar-refractivity contribution is 5.80. The number of nitrogens with two attached hydrogens (primary N) is 1. The second kappa shape index (κ2) is 7.71. The van der Waals surface area contributed by atoms with Crippen LogP contribution in [0.15, 0.2) is 0 Å². The van der Waals surface area contributed by atoms with Crippen LogP contribution in [0.5, 0.6) is 0 Å². The first-order valence-corrected chi connectivity index (χ1v) is 6.83. The predicted octanol–water partition coefficient (Wildman–Crippen LogP) is 0.293. The average molecular weight is 257 g/mol. The lowest BCUT2D eigenvalue weighted by molar-refractivity contribution is -0.135. The molecule has 0 saturated carbocycles. The summed E-state index contributed by atoms with van der Waals surface area (Å²) in [7, 11) is 3.61. The summed E-state index contributed by atoms with van der Waals surface area (Å²) in [6.45, 7) is 5.31. The van der Waals surface area contributed by atoms with E-state index in [0.717, 1.165) is 39.0 Å². The lowest BCUT2D eigenvalue weighted by atomic mass is 10.1. The Morgan fingerprint density at radius 2 is 2.06 bits per heavy atom. The van der Waals surface area contributed by atoms with Gasteiger partial charge >= 0.3 is 0 Å². The van der Waals surface area contributed by atoms with E-state index in [1.54, 1.807) is 4.90 Å². The quantitative estimate of drug-likeness (QED) is 0.695. The summed E-state index contributed by atoms with van der Waals surface area (Å²) in [5, 5.41) is 0. The van der Waals surface area contributed by atoms with Crippen molar-refractivity contribution in [2.45, 2.75) is 38.3 Å². The lowest BCUT2D eigenvalue weighted by Crippen LogP contribution is -2.49. The van der Waals surface area contributed by atoms with E-state index >= 15 is 0 Å². The van der Waals surface area contributed by atoms with Crippen LogP contribution in [0.2, 0.25) is 0 Å². The maximum atomic E-state index is 11.9. The highest BCUT2D eigenvalue weighted by atomic mass is 16.5. The van der Waals surface area contributed by atoms with E-state index in [9.17, 15) is 4.79 Å². The summed E-state index contributed by atoms with van der Waals surface area (Å²) >= 11 is 0. The van der Waals surface area contributed by atoms with Gasteiger partial charge in [-0.2, -0.15) is 0 Å². The van der Waals surface area contributed by atoms with Gasteiger partial charge in [-0.1, -0.05) is 0 Å². The van der Waals surface area contributed by atoms with E-state index in [4.69, 9.17) is 10.5 Å². The van der Waals surface area contributed by atoms with Crippen molar-refractivity contribution in [1.29, 1.82) is 0 Å². The van der Waals surface area contributed by atoms with E-state index in [2.05, 4.69) is 4.90 Å². The molecule has 2 N–H and O–H groups in total. The van der Waals surface area contributed by atoms with Gasteiger partial charge in [0.05, 0.1) is 12.1 Å². The van der Waals surface area contributed by atoms with Crippen LogP contribution in [0.4, 0.5) is 0 Å². The maximum absolute atomic E-state index is 11.9. The van der Waals surface area contributed by atoms with Crippen LogP contribution in [0.1, 0.15) is 26.2 Å². The van der Waals surface area contributed by atoms with Crippen molar-refractivity contribution < 1.29 is 9.53 Å². The highest BCUT2D eigenvalue weighted by Gasteiger charge is 2.27. The van der Waals surface area contributed by atoms with E-state index in [0.29, 0.717) is 12.6 Å². The van der Waals surface area contributed by atoms with Gasteiger partial charge in [-0.25, -0.2) is 0 Å². The van der Waals surface area contributed by atoms with E-state index < -0.39 is 0 Å². The second-order valence-corrected chi connectivity index (χ2v) is 5.16. The zero-order valence-electron chi connectivity index (χ0n) is 11.9. The molecule has 1 saturated heterocycles. The molecule has 0 aromatic carbocycles. The molecule has 1 rings (SSSR count). The number of hydrogen-bond acceptors (Lipinski definition) is 4. The first kappa shape index (κ1) is 15.4. The zero-order valence-corrected chi connectivity index (χ0v) is 11.9. The number of likely N-dealkylation sites (tertiary alicyclic amines) is 1. The summed E-state index contributed by atoms with van der Waals surface area (Å²) in [4.78, 5) is 15.8. The maximum Gasteiger partial charge on any atom is 0.239 e. The molecule has 1 heterocycles. The number of amides is 1. The molecule has 1 amide bonds. The van der Waals surface area contributed by atoms with Crippen LogP contribution in [0.3, 0.4) is 0 Å². The van der Waals surface area contributed by atoms with Crippen LogP contribution in [-0.2, 0) is 9.53 Å². The van der Waals surface area contributed by atoms with Crippen LogP contribution >= 0.6 is 0 Å². The fraction of sp³-hybridized carbons (Fsp3) is 0.923. The second-order valence-electron chi connectivity index (χ2n) is 5.16. The first-order valence-electron chi connectivity index (χ1n) is 6.83. The van der Waals surface area contributed by atoms with Crippen molar-refractivity contribution in [1.82, 2.24) is 9.80 Å². The monoisotopic (exact) mass is 257 g/mol. The van der Waals surface area contributed by atoms with Gasteiger partial charge in [-0.15, -0.1) is 0 Å². The fourth-order valence-corrected chi connectivity index (χ4v) is 2.29. The molecule has 5 nitrogen and oxygen atoms in total. The largest absolute Gasteiger partial charge is 0.378 e. The van der Waals surface area contributed by atoms with E-state index in [-0.39, 0.29) is 11.9 Å². The van der Waals surface area contributed by atoms with E-state index in [1.807, 2.05) is 21.0 Å². The molecule has 5 heteroatoms. The third kappa shape index (κ3) is 4.55. The molecule has 106 valence electrons. The van der Waals surface area contributed by atoms with Crippen molar-refractivity contribution in [3.8, 4) is 0 Å². The fourth-order valence-electron chi connectivity index (χ4n) is 2.29. The van der Waals surface area contributed by atoms with Gasteiger partial charge in [0.25, 0.3) is 0 Å².